The van der Waals surface area contributed by atoms with Crippen LogP contribution in [-0.2, 0) is 13.5 Å². The summed E-state index contributed by atoms with van der Waals surface area (Å²) in [7, 11) is 1.80. The Morgan fingerprint density at radius 2 is 2.29 bits per heavy atom. The van der Waals surface area contributed by atoms with E-state index in [-0.39, 0.29) is 6.10 Å². The van der Waals surface area contributed by atoms with Crippen molar-refractivity contribution in [3.05, 3.63) is 11.9 Å². The zero-order valence-electron chi connectivity index (χ0n) is 8.56. The maximum Gasteiger partial charge on any atom is 0.0852 e. The van der Waals surface area contributed by atoms with Gasteiger partial charge in [-0.05, 0) is 18.8 Å². The number of hydrogen-bond acceptors (Lipinski definition) is 3. The molecule has 0 radical (unpaired) electrons. The summed E-state index contributed by atoms with van der Waals surface area (Å²) in [6.45, 7) is 0. The van der Waals surface area contributed by atoms with Gasteiger partial charge in [-0.2, -0.15) is 15.0 Å². The lowest BCUT2D eigenvalue weighted by atomic mass is 9.97. The molecule has 1 aliphatic rings. The second kappa shape index (κ2) is 4.09. The third kappa shape index (κ3) is 2.12. The van der Waals surface area contributed by atoms with Gasteiger partial charge < -0.3 is 5.11 Å². The van der Waals surface area contributed by atoms with Crippen LogP contribution >= 0.6 is 0 Å². The Bertz CT molecular complexity index is 291. The molecule has 1 aromatic heterocycles. The quantitative estimate of drug-likeness (QED) is 0.780. The fraction of sp³-hybridized carbons (Fsp3) is 0.800. The lowest BCUT2D eigenvalue weighted by Gasteiger charge is -2.15. The molecule has 0 aliphatic heterocycles. The average molecular weight is 195 g/mol. The normalized spacial score (nSPS) is 20.1. The maximum absolute atomic E-state index is 9.93. The molecule has 0 amide bonds. The first-order valence-electron chi connectivity index (χ1n) is 5.29. The van der Waals surface area contributed by atoms with E-state index in [2.05, 4.69) is 10.2 Å². The van der Waals surface area contributed by atoms with E-state index in [1.807, 2.05) is 0 Å². The fourth-order valence-corrected chi connectivity index (χ4v) is 2.20. The van der Waals surface area contributed by atoms with Crippen LogP contribution in [0, 0.1) is 5.92 Å². The molecule has 0 spiro atoms. The van der Waals surface area contributed by atoms with E-state index < -0.39 is 0 Å². The van der Waals surface area contributed by atoms with Crippen LogP contribution in [0.5, 0.6) is 0 Å². The molecule has 4 nitrogen and oxygen atoms in total. The van der Waals surface area contributed by atoms with Crippen LogP contribution in [0.4, 0.5) is 0 Å². The topological polar surface area (TPSA) is 50.9 Å². The Kier molecular flexibility index (Phi) is 2.82. The summed E-state index contributed by atoms with van der Waals surface area (Å²) in [5.74, 6) is 0.483. The monoisotopic (exact) mass is 195 g/mol. The highest BCUT2D eigenvalue weighted by molar-refractivity contribution is 4.95. The van der Waals surface area contributed by atoms with Gasteiger partial charge in [0, 0.05) is 13.5 Å². The third-order valence-corrected chi connectivity index (χ3v) is 3.01. The molecule has 1 N–H and O–H groups in total. The molecule has 0 bridgehead atoms. The number of nitrogens with zero attached hydrogens (tertiary/aromatic N) is 3. The predicted molar refractivity (Wildman–Crippen MR) is 52.7 cm³/mol. The lowest BCUT2D eigenvalue weighted by molar-refractivity contribution is 0.110. The number of hydrogen-bond donors (Lipinski definition) is 1. The van der Waals surface area contributed by atoms with E-state index in [9.17, 15) is 5.11 Å². The third-order valence-electron chi connectivity index (χ3n) is 3.01. The molecule has 2 rings (SSSR count). The molecular weight excluding hydrogens is 178 g/mol. The van der Waals surface area contributed by atoms with Crippen LogP contribution in [0.15, 0.2) is 6.20 Å². The largest absolute Gasteiger partial charge is 0.392 e. The van der Waals surface area contributed by atoms with E-state index in [0.29, 0.717) is 12.3 Å². The Morgan fingerprint density at radius 1 is 1.57 bits per heavy atom. The minimum atomic E-state index is -0.228. The van der Waals surface area contributed by atoms with Crippen molar-refractivity contribution in [3.63, 3.8) is 0 Å². The Hall–Kier alpha value is -0.900. The molecule has 1 heterocycles. The van der Waals surface area contributed by atoms with Gasteiger partial charge in [-0.3, -0.25) is 0 Å². The minimum absolute atomic E-state index is 0.228. The van der Waals surface area contributed by atoms with Crippen molar-refractivity contribution in [1.29, 1.82) is 0 Å². The molecule has 1 aromatic rings. The number of aryl methyl sites for hydroxylation is 1. The molecule has 1 atom stereocenters. The summed E-state index contributed by atoms with van der Waals surface area (Å²) < 4.78 is 0. The van der Waals surface area contributed by atoms with E-state index in [4.69, 9.17) is 0 Å². The zero-order valence-corrected chi connectivity index (χ0v) is 8.56. The molecule has 0 saturated heterocycles. The highest BCUT2D eigenvalue weighted by Crippen LogP contribution is 2.28. The first kappa shape index (κ1) is 9.65. The van der Waals surface area contributed by atoms with Crippen molar-refractivity contribution >= 4 is 0 Å². The summed E-state index contributed by atoms with van der Waals surface area (Å²) >= 11 is 0. The smallest absolute Gasteiger partial charge is 0.0852 e. The molecule has 0 aromatic carbocycles. The van der Waals surface area contributed by atoms with Crippen molar-refractivity contribution in [1.82, 2.24) is 15.0 Å². The van der Waals surface area contributed by atoms with Gasteiger partial charge in [-0.15, -0.1) is 0 Å². The first-order valence-corrected chi connectivity index (χ1v) is 5.29. The summed E-state index contributed by atoms with van der Waals surface area (Å²) in [4.78, 5) is 1.54. The molecule has 78 valence electrons. The molecule has 1 unspecified atom stereocenters. The predicted octanol–water partition coefficient (Wildman–Crippen LogP) is 0.909. The summed E-state index contributed by atoms with van der Waals surface area (Å²) in [6.07, 6.45) is 7.03. The molecule has 1 fully saturated rings. The number of rotatable bonds is 3. The minimum Gasteiger partial charge on any atom is -0.392 e. The molecule has 4 heteroatoms. The van der Waals surface area contributed by atoms with Gasteiger partial charge in [0.2, 0.25) is 0 Å². The Balaban J connectivity index is 1.90. The fourth-order valence-electron chi connectivity index (χ4n) is 2.20. The van der Waals surface area contributed by atoms with Crippen LogP contribution in [-0.4, -0.2) is 26.2 Å². The second-order valence-electron chi connectivity index (χ2n) is 4.14. The van der Waals surface area contributed by atoms with Crippen LogP contribution in [0.2, 0.25) is 0 Å². The van der Waals surface area contributed by atoms with Crippen molar-refractivity contribution < 1.29 is 5.11 Å². The first-order chi connectivity index (χ1) is 6.75. The van der Waals surface area contributed by atoms with Gasteiger partial charge in [0.05, 0.1) is 18.0 Å². The molecule has 1 saturated carbocycles. The van der Waals surface area contributed by atoms with Gasteiger partial charge in [-0.25, -0.2) is 0 Å². The van der Waals surface area contributed by atoms with Crippen LogP contribution in [0.1, 0.15) is 31.4 Å². The van der Waals surface area contributed by atoms with Gasteiger partial charge in [0.15, 0.2) is 0 Å². The molecular formula is C10H17N3O. The van der Waals surface area contributed by atoms with Crippen LogP contribution in [0.25, 0.3) is 0 Å². The van der Waals surface area contributed by atoms with E-state index >= 15 is 0 Å². The Labute approximate surface area is 83.9 Å². The van der Waals surface area contributed by atoms with Crippen molar-refractivity contribution in [2.24, 2.45) is 13.0 Å². The summed E-state index contributed by atoms with van der Waals surface area (Å²) in [5, 5.41) is 18.1. The molecule has 14 heavy (non-hydrogen) atoms. The van der Waals surface area contributed by atoms with E-state index in [1.54, 1.807) is 13.2 Å². The zero-order chi connectivity index (χ0) is 9.97. The highest BCUT2D eigenvalue weighted by atomic mass is 16.3. The van der Waals surface area contributed by atoms with Crippen molar-refractivity contribution in [3.8, 4) is 0 Å². The summed E-state index contributed by atoms with van der Waals surface area (Å²) in [5.41, 5.74) is 0.895. The van der Waals surface area contributed by atoms with Gasteiger partial charge in [0.1, 0.15) is 0 Å². The average Bonchev–Trinajstić information content (AvgIpc) is 2.75. The highest BCUT2D eigenvalue weighted by Gasteiger charge is 2.23. The van der Waals surface area contributed by atoms with Crippen LogP contribution in [0.3, 0.4) is 0 Å². The standard InChI is InChI=1S/C10H17N3O/c1-13-11-7-9(12-13)6-10(14)8-4-2-3-5-8/h7-8,10,14H,2-6H2,1H3. The van der Waals surface area contributed by atoms with Gasteiger partial charge in [0.25, 0.3) is 0 Å². The van der Waals surface area contributed by atoms with Gasteiger partial charge in [-0.1, -0.05) is 12.8 Å². The molecule has 1 aliphatic carbocycles. The van der Waals surface area contributed by atoms with E-state index in [1.165, 1.54) is 30.5 Å². The summed E-state index contributed by atoms with van der Waals surface area (Å²) in [6, 6.07) is 0. The lowest BCUT2D eigenvalue weighted by Crippen LogP contribution is -2.20. The second-order valence-corrected chi connectivity index (χ2v) is 4.14. The Morgan fingerprint density at radius 3 is 2.86 bits per heavy atom. The SMILES string of the molecule is Cn1ncc(CC(O)C2CCCC2)n1. The van der Waals surface area contributed by atoms with Crippen molar-refractivity contribution in [2.75, 3.05) is 0 Å². The maximum atomic E-state index is 9.93. The van der Waals surface area contributed by atoms with Crippen molar-refractivity contribution in [2.45, 2.75) is 38.2 Å². The van der Waals surface area contributed by atoms with Gasteiger partial charge >= 0.3 is 0 Å². The number of aliphatic hydroxyl groups is 1. The van der Waals surface area contributed by atoms with Crippen LogP contribution < -0.4 is 0 Å². The van der Waals surface area contributed by atoms with E-state index in [0.717, 1.165) is 5.69 Å². The number of aliphatic hydroxyl groups excluding tert-OH is 1. The number of aromatic nitrogens is 3.